The van der Waals surface area contributed by atoms with E-state index in [-0.39, 0.29) is 0 Å². The molecule has 0 aromatic heterocycles. The van der Waals surface area contributed by atoms with Gasteiger partial charge in [0.05, 0.1) is 12.5 Å². The van der Waals surface area contributed by atoms with Crippen molar-refractivity contribution in [2.24, 2.45) is 11.5 Å². The predicted molar refractivity (Wildman–Crippen MR) is 49.2 cm³/mol. The Labute approximate surface area is 86.3 Å². The van der Waals surface area contributed by atoms with Crippen molar-refractivity contribution in [1.29, 1.82) is 0 Å². The number of primary amides is 1. The van der Waals surface area contributed by atoms with E-state index in [4.69, 9.17) is 16.0 Å². The van der Waals surface area contributed by atoms with Crippen molar-refractivity contribution in [3.8, 4) is 0 Å². The molecule has 0 rings (SSSR count). The average Bonchev–Trinajstić information content (AvgIpc) is 2.01. The van der Waals surface area contributed by atoms with Crippen LogP contribution in [0.4, 0.5) is 0 Å². The van der Waals surface area contributed by atoms with Gasteiger partial charge in [-0.15, -0.1) is 0 Å². The van der Waals surface area contributed by atoms with Crippen LogP contribution in [0, 0.1) is 0 Å². The van der Waals surface area contributed by atoms with E-state index in [1.54, 1.807) is 0 Å². The molecule has 0 fully saturated rings. The van der Waals surface area contributed by atoms with Crippen LogP contribution in [0.1, 0.15) is 6.42 Å². The zero-order valence-corrected chi connectivity index (χ0v) is 8.57. The molecular formula is C6H12N2O6S. The Bertz CT molecular complexity index is 338. The van der Waals surface area contributed by atoms with Crippen LogP contribution in [0.15, 0.2) is 0 Å². The van der Waals surface area contributed by atoms with Crippen molar-refractivity contribution in [1.82, 2.24) is 0 Å². The number of hydrogen-bond donors (Lipinski definition) is 3. The van der Waals surface area contributed by atoms with Gasteiger partial charge in [-0.3, -0.25) is 14.1 Å². The minimum Gasteiger partial charge on any atom is -0.464 e. The summed E-state index contributed by atoms with van der Waals surface area (Å²) in [7, 11) is -4.16. The van der Waals surface area contributed by atoms with Crippen molar-refractivity contribution >= 4 is 22.0 Å². The van der Waals surface area contributed by atoms with E-state index in [1.165, 1.54) is 0 Å². The molecule has 0 radical (unpaired) electrons. The van der Waals surface area contributed by atoms with Crippen LogP contribution in [0.5, 0.6) is 0 Å². The Morgan fingerprint density at radius 1 is 1.40 bits per heavy atom. The number of amides is 1. The third-order valence-corrected chi connectivity index (χ3v) is 2.04. The van der Waals surface area contributed by atoms with E-state index in [0.717, 1.165) is 0 Å². The van der Waals surface area contributed by atoms with E-state index in [9.17, 15) is 18.0 Å². The maximum atomic E-state index is 10.9. The molecule has 0 aromatic rings. The van der Waals surface area contributed by atoms with Crippen molar-refractivity contribution < 1.29 is 27.3 Å². The minimum absolute atomic E-state index is 0.430. The average molecular weight is 240 g/mol. The SMILES string of the molecule is NC(=O)[C@@H](N)CC(=O)OCCS(=O)(=O)O. The highest BCUT2D eigenvalue weighted by molar-refractivity contribution is 7.85. The zero-order valence-electron chi connectivity index (χ0n) is 7.75. The lowest BCUT2D eigenvalue weighted by molar-refractivity contribution is -0.144. The molecule has 9 heteroatoms. The van der Waals surface area contributed by atoms with Crippen LogP contribution >= 0.6 is 0 Å². The monoisotopic (exact) mass is 240 g/mol. The van der Waals surface area contributed by atoms with E-state index in [0.29, 0.717) is 0 Å². The maximum absolute atomic E-state index is 10.9. The lowest BCUT2D eigenvalue weighted by Gasteiger charge is -2.06. The fraction of sp³-hybridized carbons (Fsp3) is 0.667. The van der Waals surface area contributed by atoms with Gasteiger partial charge in [-0.2, -0.15) is 8.42 Å². The first-order valence-electron chi connectivity index (χ1n) is 3.88. The van der Waals surface area contributed by atoms with E-state index >= 15 is 0 Å². The van der Waals surface area contributed by atoms with Crippen molar-refractivity contribution in [3.05, 3.63) is 0 Å². The molecule has 8 nitrogen and oxygen atoms in total. The Balaban J connectivity index is 3.82. The smallest absolute Gasteiger partial charge is 0.307 e. The second kappa shape index (κ2) is 5.63. The van der Waals surface area contributed by atoms with Gasteiger partial charge >= 0.3 is 5.97 Å². The van der Waals surface area contributed by atoms with Crippen LogP contribution in [-0.2, 0) is 24.4 Å². The summed E-state index contributed by atoms with van der Waals surface area (Å²) in [6.45, 7) is -0.497. The first-order valence-corrected chi connectivity index (χ1v) is 5.49. The topological polar surface area (TPSA) is 150 Å². The van der Waals surface area contributed by atoms with Gasteiger partial charge < -0.3 is 16.2 Å². The molecule has 0 aliphatic rings. The standard InChI is InChI=1S/C6H12N2O6S/c7-4(6(8)10)3-5(9)14-1-2-15(11,12)13/h4H,1-3,7H2,(H2,8,10)(H,11,12,13)/t4-/m0/s1. The number of rotatable bonds is 6. The van der Waals surface area contributed by atoms with Crippen LogP contribution in [0.3, 0.4) is 0 Å². The molecule has 0 aliphatic carbocycles. The van der Waals surface area contributed by atoms with Gasteiger partial charge in [0, 0.05) is 0 Å². The Kier molecular flexibility index (Phi) is 5.19. The molecule has 0 spiro atoms. The lowest BCUT2D eigenvalue weighted by Crippen LogP contribution is -2.38. The first kappa shape index (κ1) is 13.8. The highest BCUT2D eigenvalue weighted by Gasteiger charge is 2.16. The Morgan fingerprint density at radius 3 is 2.33 bits per heavy atom. The number of carbonyl (C=O) groups is 2. The summed E-state index contributed by atoms with van der Waals surface area (Å²) in [6.07, 6.45) is -0.430. The van der Waals surface area contributed by atoms with Gasteiger partial charge in [-0.05, 0) is 0 Å². The van der Waals surface area contributed by atoms with E-state index in [1.807, 2.05) is 0 Å². The van der Waals surface area contributed by atoms with Crippen molar-refractivity contribution in [3.63, 3.8) is 0 Å². The minimum atomic E-state index is -4.16. The fourth-order valence-corrected chi connectivity index (χ4v) is 0.894. The van der Waals surface area contributed by atoms with Crippen LogP contribution in [-0.4, -0.2) is 43.2 Å². The number of hydrogen-bond acceptors (Lipinski definition) is 6. The summed E-state index contributed by atoms with van der Waals surface area (Å²) in [5.74, 6) is -2.42. The molecule has 0 saturated heterocycles. The summed E-state index contributed by atoms with van der Waals surface area (Å²) in [4.78, 5) is 21.3. The predicted octanol–water partition coefficient (Wildman–Crippen LogP) is -2.38. The second-order valence-corrected chi connectivity index (χ2v) is 4.29. The fourth-order valence-electron chi connectivity index (χ4n) is 0.600. The van der Waals surface area contributed by atoms with Gasteiger partial charge in [0.1, 0.15) is 12.4 Å². The molecule has 0 unspecified atom stereocenters. The molecule has 0 bridgehead atoms. The molecule has 1 atom stereocenters. The summed E-state index contributed by atoms with van der Waals surface area (Å²) in [5.41, 5.74) is 9.91. The molecule has 1 amide bonds. The van der Waals surface area contributed by atoms with Crippen LogP contribution < -0.4 is 11.5 Å². The van der Waals surface area contributed by atoms with Gasteiger partial charge in [0.2, 0.25) is 5.91 Å². The molecule has 88 valence electrons. The Hall–Kier alpha value is -1.19. The van der Waals surface area contributed by atoms with Gasteiger partial charge in [0.25, 0.3) is 10.1 Å². The molecular weight excluding hydrogens is 228 g/mol. The molecule has 0 heterocycles. The summed E-state index contributed by atoms with van der Waals surface area (Å²) in [5, 5.41) is 0. The number of ether oxygens (including phenoxy) is 1. The number of nitrogens with two attached hydrogens (primary N) is 2. The van der Waals surface area contributed by atoms with Gasteiger partial charge in [0.15, 0.2) is 0 Å². The third-order valence-electron chi connectivity index (χ3n) is 1.36. The van der Waals surface area contributed by atoms with Crippen LogP contribution in [0.2, 0.25) is 0 Å². The van der Waals surface area contributed by atoms with Crippen molar-refractivity contribution in [2.45, 2.75) is 12.5 Å². The van der Waals surface area contributed by atoms with E-state index in [2.05, 4.69) is 4.74 Å². The number of carbonyl (C=O) groups excluding carboxylic acids is 2. The zero-order chi connectivity index (χ0) is 12.1. The molecule has 5 N–H and O–H groups in total. The maximum Gasteiger partial charge on any atom is 0.307 e. The lowest BCUT2D eigenvalue weighted by atomic mass is 10.2. The van der Waals surface area contributed by atoms with Crippen LogP contribution in [0.25, 0.3) is 0 Å². The number of esters is 1. The largest absolute Gasteiger partial charge is 0.464 e. The quantitative estimate of drug-likeness (QED) is 0.346. The highest BCUT2D eigenvalue weighted by Crippen LogP contribution is 1.92. The first-order chi connectivity index (χ1) is 6.72. The second-order valence-electron chi connectivity index (χ2n) is 2.72. The molecule has 0 aromatic carbocycles. The third kappa shape index (κ3) is 7.85. The normalized spacial score (nSPS) is 13.2. The van der Waals surface area contributed by atoms with Gasteiger partial charge in [-0.25, -0.2) is 0 Å². The van der Waals surface area contributed by atoms with E-state index < -0.39 is 46.8 Å². The molecule has 15 heavy (non-hydrogen) atoms. The Morgan fingerprint density at radius 2 is 1.93 bits per heavy atom. The van der Waals surface area contributed by atoms with Crippen molar-refractivity contribution in [2.75, 3.05) is 12.4 Å². The summed E-state index contributed by atoms with van der Waals surface area (Å²) < 4.78 is 33.1. The molecule has 0 saturated carbocycles. The molecule has 0 aliphatic heterocycles. The summed E-state index contributed by atoms with van der Waals surface area (Å²) in [6, 6.07) is -1.16. The van der Waals surface area contributed by atoms with Gasteiger partial charge in [-0.1, -0.05) is 0 Å². The highest BCUT2D eigenvalue weighted by atomic mass is 32.2. The summed E-state index contributed by atoms with van der Waals surface area (Å²) >= 11 is 0.